The first-order valence-electron chi connectivity index (χ1n) is 6.78. The van der Waals surface area contributed by atoms with Crippen LogP contribution in [0, 0.1) is 5.92 Å². The Morgan fingerprint density at radius 1 is 1.38 bits per heavy atom. The highest BCUT2D eigenvalue weighted by Gasteiger charge is 2.23. The number of piperidine rings is 1. The molecule has 2 atom stereocenters. The monoisotopic (exact) mass is 228 g/mol. The van der Waals surface area contributed by atoms with Crippen molar-refractivity contribution in [3.8, 4) is 0 Å². The van der Waals surface area contributed by atoms with Crippen molar-refractivity contribution in [3.05, 3.63) is 0 Å². The molecule has 1 heterocycles. The zero-order valence-corrected chi connectivity index (χ0v) is 10.9. The van der Waals surface area contributed by atoms with Gasteiger partial charge in [-0.05, 0) is 65.1 Å². The number of unbranched alkanes of at least 4 members (excludes halogenated alkanes) is 2. The van der Waals surface area contributed by atoms with E-state index >= 15 is 0 Å². The molecule has 1 aliphatic rings. The Balaban J connectivity index is 2.17. The van der Waals surface area contributed by atoms with E-state index in [9.17, 15) is 0 Å². The highest BCUT2D eigenvalue weighted by molar-refractivity contribution is 4.79. The molecule has 0 aromatic carbocycles. The third kappa shape index (κ3) is 4.81. The van der Waals surface area contributed by atoms with Gasteiger partial charge in [0.1, 0.15) is 0 Å². The Morgan fingerprint density at radius 2 is 2.19 bits per heavy atom. The van der Waals surface area contributed by atoms with Crippen molar-refractivity contribution in [2.24, 2.45) is 5.92 Å². The molecule has 1 rings (SSSR count). The van der Waals surface area contributed by atoms with Crippen molar-refractivity contribution in [1.82, 2.24) is 10.2 Å². The van der Waals surface area contributed by atoms with Gasteiger partial charge in [0, 0.05) is 19.2 Å². The van der Waals surface area contributed by atoms with Crippen LogP contribution in [-0.2, 0) is 0 Å². The predicted molar refractivity (Wildman–Crippen MR) is 68.6 cm³/mol. The number of hydrogen-bond acceptors (Lipinski definition) is 3. The number of aliphatic hydroxyl groups excluding tert-OH is 1. The van der Waals surface area contributed by atoms with Gasteiger partial charge in [0.05, 0.1) is 0 Å². The van der Waals surface area contributed by atoms with E-state index in [0.29, 0.717) is 12.6 Å². The first-order chi connectivity index (χ1) is 7.77. The lowest BCUT2D eigenvalue weighted by Gasteiger charge is -2.35. The normalized spacial score (nSPS) is 24.6. The zero-order valence-electron chi connectivity index (χ0n) is 10.9. The highest BCUT2D eigenvalue weighted by Crippen LogP contribution is 2.19. The van der Waals surface area contributed by atoms with E-state index in [1.165, 1.54) is 45.3 Å². The molecule has 0 radical (unpaired) electrons. The predicted octanol–water partition coefficient (Wildman–Crippen LogP) is 1.47. The number of likely N-dealkylation sites (tertiary alicyclic amines) is 1. The summed E-state index contributed by atoms with van der Waals surface area (Å²) in [4.78, 5) is 2.60. The molecule has 1 aliphatic heterocycles. The molecule has 0 bridgehead atoms. The fourth-order valence-electron chi connectivity index (χ4n) is 2.56. The van der Waals surface area contributed by atoms with Gasteiger partial charge >= 0.3 is 0 Å². The van der Waals surface area contributed by atoms with Gasteiger partial charge in [-0.3, -0.25) is 0 Å². The van der Waals surface area contributed by atoms with Gasteiger partial charge in [0.2, 0.25) is 0 Å². The number of aliphatic hydroxyl groups is 1. The van der Waals surface area contributed by atoms with Gasteiger partial charge in [-0.2, -0.15) is 0 Å². The van der Waals surface area contributed by atoms with E-state index in [-0.39, 0.29) is 0 Å². The smallest absolute Gasteiger partial charge is 0.0431 e. The van der Waals surface area contributed by atoms with Gasteiger partial charge < -0.3 is 15.3 Å². The molecule has 0 aromatic heterocycles. The van der Waals surface area contributed by atoms with Crippen LogP contribution < -0.4 is 5.32 Å². The molecule has 96 valence electrons. The molecule has 0 aliphatic carbocycles. The summed E-state index contributed by atoms with van der Waals surface area (Å²) in [5.41, 5.74) is 0. The molecule has 2 N–H and O–H groups in total. The summed E-state index contributed by atoms with van der Waals surface area (Å²) in [6, 6.07) is 0.639. The van der Waals surface area contributed by atoms with Gasteiger partial charge in [0.25, 0.3) is 0 Å². The van der Waals surface area contributed by atoms with E-state index in [2.05, 4.69) is 24.2 Å². The number of nitrogens with zero attached hydrogens (tertiary/aromatic N) is 1. The average molecular weight is 228 g/mol. The van der Waals surface area contributed by atoms with E-state index < -0.39 is 0 Å². The van der Waals surface area contributed by atoms with Crippen molar-refractivity contribution in [3.63, 3.8) is 0 Å². The lowest BCUT2D eigenvalue weighted by molar-refractivity contribution is 0.150. The van der Waals surface area contributed by atoms with E-state index in [1.807, 2.05) is 0 Å². The maximum Gasteiger partial charge on any atom is 0.0431 e. The van der Waals surface area contributed by atoms with Crippen LogP contribution in [0.5, 0.6) is 0 Å². The van der Waals surface area contributed by atoms with Crippen LogP contribution in [-0.4, -0.2) is 49.3 Å². The maximum atomic E-state index is 8.73. The summed E-state index contributed by atoms with van der Waals surface area (Å²) in [5.74, 6) is 0.816. The van der Waals surface area contributed by atoms with Crippen LogP contribution >= 0.6 is 0 Å². The van der Waals surface area contributed by atoms with Crippen LogP contribution in [0.1, 0.15) is 39.0 Å². The van der Waals surface area contributed by atoms with Crippen molar-refractivity contribution < 1.29 is 5.11 Å². The highest BCUT2D eigenvalue weighted by atomic mass is 16.2. The zero-order chi connectivity index (χ0) is 11.8. The topological polar surface area (TPSA) is 35.5 Å². The second-order valence-electron chi connectivity index (χ2n) is 5.06. The summed E-state index contributed by atoms with van der Waals surface area (Å²) in [6.45, 7) is 6.37. The van der Waals surface area contributed by atoms with Gasteiger partial charge in [-0.15, -0.1) is 0 Å². The van der Waals surface area contributed by atoms with E-state index in [0.717, 1.165) is 12.3 Å². The first kappa shape index (κ1) is 13.9. The minimum absolute atomic E-state index is 0.347. The van der Waals surface area contributed by atoms with Crippen molar-refractivity contribution in [1.29, 1.82) is 0 Å². The molecule has 0 spiro atoms. The summed E-state index contributed by atoms with van der Waals surface area (Å²) >= 11 is 0. The van der Waals surface area contributed by atoms with Gasteiger partial charge in [0.15, 0.2) is 0 Å². The van der Waals surface area contributed by atoms with Crippen LogP contribution in [0.3, 0.4) is 0 Å². The molecule has 3 heteroatoms. The Bertz CT molecular complexity index is 175. The second-order valence-corrected chi connectivity index (χ2v) is 5.06. The maximum absolute atomic E-state index is 8.73. The summed E-state index contributed by atoms with van der Waals surface area (Å²) in [7, 11) is 2.06. The molecule has 16 heavy (non-hydrogen) atoms. The first-order valence-corrected chi connectivity index (χ1v) is 6.78. The van der Waals surface area contributed by atoms with Crippen LogP contribution in [0.4, 0.5) is 0 Å². The van der Waals surface area contributed by atoms with Crippen LogP contribution in [0.25, 0.3) is 0 Å². The molecule has 0 saturated carbocycles. The second kappa shape index (κ2) is 8.04. The van der Waals surface area contributed by atoms with Gasteiger partial charge in [-0.25, -0.2) is 0 Å². The molecule has 0 amide bonds. The lowest BCUT2D eigenvalue weighted by atomic mass is 9.91. The number of hydrogen-bond donors (Lipinski definition) is 2. The SMILES string of the molecule is CNC(C)C1CCCN(CCCCCO)C1. The van der Waals surface area contributed by atoms with Gasteiger partial charge in [-0.1, -0.05) is 0 Å². The van der Waals surface area contributed by atoms with Crippen molar-refractivity contribution in [2.45, 2.75) is 45.1 Å². The van der Waals surface area contributed by atoms with E-state index in [4.69, 9.17) is 5.11 Å². The molecular weight excluding hydrogens is 200 g/mol. The Morgan fingerprint density at radius 3 is 2.88 bits per heavy atom. The fourth-order valence-corrected chi connectivity index (χ4v) is 2.56. The Labute approximate surface area is 100 Å². The van der Waals surface area contributed by atoms with Crippen molar-refractivity contribution >= 4 is 0 Å². The Hall–Kier alpha value is -0.120. The number of nitrogens with one attached hydrogen (secondary N) is 1. The fraction of sp³-hybridized carbons (Fsp3) is 1.00. The van der Waals surface area contributed by atoms with Crippen LogP contribution in [0.15, 0.2) is 0 Å². The minimum Gasteiger partial charge on any atom is -0.396 e. The lowest BCUT2D eigenvalue weighted by Crippen LogP contribution is -2.43. The third-order valence-corrected chi connectivity index (χ3v) is 3.84. The largest absolute Gasteiger partial charge is 0.396 e. The van der Waals surface area contributed by atoms with E-state index in [1.54, 1.807) is 0 Å². The third-order valence-electron chi connectivity index (χ3n) is 3.84. The van der Waals surface area contributed by atoms with Crippen LogP contribution in [0.2, 0.25) is 0 Å². The quantitative estimate of drug-likeness (QED) is 0.648. The van der Waals surface area contributed by atoms with Crippen molar-refractivity contribution in [2.75, 3.05) is 33.3 Å². The molecule has 3 nitrogen and oxygen atoms in total. The average Bonchev–Trinajstić information content (AvgIpc) is 2.34. The standard InChI is InChI=1S/C13H28N2O/c1-12(14-2)13-7-6-9-15(11-13)8-4-3-5-10-16/h12-14,16H,3-11H2,1-2H3. The molecular formula is C13H28N2O. The Kier molecular flexibility index (Phi) is 7.01. The summed E-state index contributed by atoms with van der Waals surface area (Å²) in [5, 5.41) is 12.1. The summed E-state index contributed by atoms with van der Waals surface area (Å²) < 4.78 is 0. The molecule has 1 fully saturated rings. The molecule has 0 aromatic rings. The number of rotatable bonds is 7. The minimum atomic E-state index is 0.347. The molecule has 2 unspecified atom stereocenters. The summed E-state index contributed by atoms with van der Waals surface area (Å²) in [6.07, 6.45) is 6.08. The molecule has 1 saturated heterocycles.